The molecule has 1 saturated heterocycles. The zero-order valence-corrected chi connectivity index (χ0v) is 11.8. The van der Waals surface area contributed by atoms with Gasteiger partial charge in [0.2, 0.25) is 5.91 Å². The van der Waals surface area contributed by atoms with Gasteiger partial charge < -0.3 is 10.6 Å². The molecule has 3 nitrogen and oxygen atoms in total. The van der Waals surface area contributed by atoms with Crippen LogP contribution in [0.3, 0.4) is 0 Å². The third kappa shape index (κ3) is 1.97. The second-order valence-electron chi connectivity index (χ2n) is 5.39. The number of benzene rings is 1. The Balaban J connectivity index is 1.85. The molecule has 4 heteroatoms. The van der Waals surface area contributed by atoms with Crippen LogP contribution in [0.4, 0.5) is 0 Å². The second kappa shape index (κ2) is 4.35. The molecule has 1 aromatic carbocycles. The minimum Gasteiger partial charge on any atom is -0.340 e. The van der Waals surface area contributed by atoms with E-state index in [9.17, 15) is 4.79 Å². The molecule has 18 heavy (non-hydrogen) atoms. The van der Waals surface area contributed by atoms with E-state index in [-0.39, 0.29) is 17.4 Å². The Kier molecular flexibility index (Phi) is 2.94. The fourth-order valence-corrected chi connectivity index (χ4v) is 3.21. The highest BCUT2D eigenvalue weighted by Gasteiger charge is 2.53. The van der Waals surface area contributed by atoms with Gasteiger partial charge in [0.05, 0.1) is 5.41 Å². The van der Waals surface area contributed by atoms with Gasteiger partial charge in [0.1, 0.15) is 0 Å². The van der Waals surface area contributed by atoms with E-state index in [1.54, 1.807) is 0 Å². The van der Waals surface area contributed by atoms with Crippen LogP contribution in [0, 0.1) is 0 Å². The lowest BCUT2D eigenvalue weighted by Gasteiger charge is -2.23. The number of carbonyl (C=O) groups is 1. The van der Waals surface area contributed by atoms with Gasteiger partial charge in [-0.15, -0.1) is 0 Å². The largest absolute Gasteiger partial charge is 0.340 e. The van der Waals surface area contributed by atoms with Crippen molar-refractivity contribution < 1.29 is 4.79 Å². The number of nitrogens with two attached hydrogens (primary N) is 1. The SMILES string of the molecule is N[C@H]1CCN(C(=O)C2(c3cccc(Br)c3)CC2)C1. The van der Waals surface area contributed by atoms with E-state index in [2.05, 4.69) is 28.1 Å². The Morgan fingerprint density at radius 2 is 2.22 bits per heavy atom. The molecule has 0 aromatic heterocycles. The molecule has 1 aliphatic carbocycles. The lowest BCUT2D eigenvalue weighted by molar-refractivity contribution is -0.132. The Bertz CT molecular complexity index is 484. The molecule has 96 valence electrons. The molecule has 2 fully saturated rings. The third-order valence-electron chi connectivity index (χ3n) is 4.05. The van der Waals surface area contributed by atoms with Crippen LogP contribution >= 0.6 is 15.9 Å². The summed E-state index contributed by atoms with van der Waals surface area (Å²) < 4.78 is 1.04. The molecular formula is C14H17BrN2O. The average Bonchev–Trinajstić information content (AvgIpc) is 3.06. The van der Waals surface area contributed by atoms with Crippen LogP contribution in [-0.2, 0) is 10.2 Å². The summed E-state index contributed by atoms with van der Waals surface area (Å²) in [5, 5.41) is 0. The van der Waals surface area contributed by atoms with Crippen LogP contribution < -0.4 is 5.73 Å². The van der Waals surface area contributed by atoms with Gasteiger partial charge in [-0.05, 0) is 37.0 Å². The molecule has 1 amide bonds. The molecule has 3 rings (SSSR count). The first-order valence-corrected chi connectivity index (χ1v) is 7.22. The van der Waals surface area contributed by atoms with Crippen LogP contribution in [0.15, 0.2) is 28.7 Å². The number of carbonyl (C=O) groups excluding carboxylic acids is 1. The van der Waals surface area contributed by atoms with Crippen molar-refractivity contribution in [3.05, 3.63) is 34.3 Å². The summed E-state index contributed by atoms with van der Waals surface area (Å²) in [5.74, 6) is 0.272. The molecule has 2 N–H and O–H groups in total. The number of nitrogens with zero attached hydrogens (tertiary/aromatic N) is 1. The highest BCUT2D eigenvalue weighted by atomic mass is 79.9. The number of halogens is 1. The highest BCUT2D eigenvalue weighted by Crippen LogP contribution is 2.50. The first-order valence-electron chi connectivity index (χ1n) is 6.43. The van der Waals surface area contributed by atoms with Gasteiger partial charge in [-0.1, -0.05) is 28.1 Å². The molecule has 1 atom stereocenters. The minimum absolute atomic E-state index is 0.159. The van der Waals surface area contributed by atoms with Gasteiger partial charge in [-0.25, -0.2) is 0 Å². The Hall–Kier alpha value is -0.870. The van der Waals surface area contributed by atoms with Crippen LogP contribution in [0.5, 0.6) is 0 Å². The van der Waals surface area contributed by atoms with E-state index in [0.29, 0.717) is 6.54 Å². The van der Waals surface area contributed by atoms with Gasteiger partial charge in [0.25, 0.3) is 0 Å². The number of likely N-dealkylation sites (tertiary alicyclic amines) is 1. The molecule has 1 aromatic rings. The van der Waals surface area contributed by atoms with Gasteiger partial charge in [-0.3, -0.25) is 4.79 Å². The van der Waals surface area contributed by atoms with Gasteiger partial charge in [0, 0.05) is 23.6 Å². The molecule has 0 bridgehead atoms. The fourth-order valence-electron chi connectivity index (χ4n) is 2.81. The van der Waals surface area contributed by atoms with E-state index in [1.165, 1.54) is 0 Å². The van der Waals surface area contributed by atoms with E-state index in [4.69, 9.17) is 5.73 Å². The molecular weight excluding hydrogens is 292 g/mol. The summed E-state index contributed by atoms with van der Waals surface area (Å²) in [6, 6.07) is 8.29. The molecule has 0 radical (unpaired) electrons. The lowest BCUT2D eigenvalue weighted by Crippen LogP contribution is -2.39. The molecule has 0 unspecified atom stereocenters. The maximum absolute atomic E-state index is 12.6. The smallest absolute Gasteiger partial charge is 0.233 e. The van der Waals surface area contributed by atoms with Crippen LogP contribution in [0.1, 0.15) is 24.8 Å². The summed E-state index contributed by atoms with van der Waals surface area (Å²) in [5.41, 5.74) is 6.77. The van der Waals surface area contributed by atoms with Crippen molar-refractivity contribution in [1.29, 1.82) is 0 Å². The number of amides is 1. The number of hydrogen-bond acceptors (Lipinski definition) is 2. The maximum atomic E-state index is 12.6. The van der Waals surface area contributed by atoms with Crippen molar-refractivity contribution in [3.63, 3.8) is 0 Å². The average molecular weight is 309 g/mol. The predicted octanol–water partition coefficient (Wildman–Crippen LogP) is 2.04. The lowest BCUT2D eigenvalue weighted by atomic mass is 9.94. The predicted molar refractivity (Wildman–Crippen MR) is 74.2 cm³/mol. The summed E-state index contributed by atoms with van der Waals surface area (Å²) in [6.07, 6.45) is 2.86. The molecule has 1 aliphatic heterocycles. The van der Waals surface area contributed by atoms with Crippen LogP contribution in [-0.4, -0.2) is 29.9 Å². The van der Waals surface area contributed by atoms with Gasteiger partial charge in [-0.2, -0.15) is 0 Å². The zero-order chi connectivity index (χ0) is 12.8. The topological polar surface area (TPSA) is 46.3 Å². The first kappa shape index (κ1) is 12.2. The maximum Gasteiger partial charge on any atom is 0.233 e. The van der Waals surface area contributed by atoms with E-state index >= 15 is 0 Å². The fraction of sp³-hybridized carbons (Fsp3) is 0.500. The van der Waals surface area contributed by atoms with Crippen molar-refractivity contribution in [2.45, 2.75) is 30.7 Å². The van der Waals surface area contributed by atoms with Crippen molar-refractivity contribution in [2.75, 3.05) is 13.1 Å². The molecule has 1 saturated carbocycles. The highest BCUT2D eigenvalue weighted by molar-refractivity contribution is 9.10. The molecule has 2 aliphatic rings. The second-order valence-corrected chi connectivity index (χ2v) is 6.31. The molecule has 0 spiro atoms. The van der Waals surface area contributed by atoms with Crippen molar-refractivity contribution in [2.24, 2.45) is 5.73 Å². The monoisotopic (exact) mass is 308 g/mol. The summed E-state index contributed by atoms with van der Waals surface area (Å²) in [7, 11) is 0. The van der Waals surface area contributed by atoms with E-state index < -0.39 is 0 Å². The minimum atomic E-state index is -0.256. The quantitative estimate of drug-likeness (QED) is 0.909. The normalized spacial score (nSPS) is 25.2. The van der Waals surface area contributed by atoms with Crippen LogP contribution in [0.25, 0.3) is 0 Å². The van der Waals surface area contributed by atoms with E-state index in [1.807, 2.05) is 17.0 Å². The van der Waals surface area contributed by atoms with E-state index in [0.717, 1.165) is 35.8 Å². The number of hydrogen-bond donors (Lipinski definition) is 1. The van der Waals surface area contributed by atoms with Crippen molar-refractivity contribution >= 4 is 21.8 Å². The summed E-state index contributed by atoms with van der Waals surface area (Å²) in [4.78, 5) is 14.6. The standard InChI is InChI=1S/C14H17BrN2O/c15-11-3-1-2-10(8-11)14(5-6-14)13(18)17-7-4-12(16)9-17/h1-3,8,12H,4-7,9,16H2/t12-/m0/s1. The first-order chi connectivity index (χ1) is 8.62. The zero-order valence-electron chi connectivity index (χ0n) is 10.2. The van der Waals surface area contributed by atoms with Crippen LogP contribution in [0.2, 0.25) is 0 Å². The molecule has 1 heterocycles. The Labute approximate surface area is 115 Å². The van der Waals surface area contributed by atoms with Gasteiger partial charge >= 0.3 is 0 Å². The summed E-state index contributed by atoms with van der Waals surface area (Å²) >= 11 is 3.48. The summed E-state index contributed by atoms with van der Waals surface area (Å²) in [6.45, 7) is 1.53. The van der Waals surface area contributed by atoms with Gasteiger partial charge in [0.15, 0.2) is 0 Å². The van der Waals surface area contributed by atoms with Crippen molar-refractivity contribution in [3.8, 4) is 0 Å². The Morgan fingerprint density at radius 3 is 2.78 bits per heavy atom. The number of rotatable bonds is 2. The Morgan fingerprint density at radius 1 is 1.44 bits per heavy atom. The van der Waals surface area contributed by atoms with Crippen molar-refractivity contribution in [1.82, 2.24) is 4.90 Å². The third-order valence-corrected chi connectivity index (χ3v) is 4.54.